The third-order valence-electron chi connectivity index (χ3n) is 3.62. The molecule has 0 amide bonds. The number of anilines is 2. The van der Waals surface area contributed by atoms with Crippen LogP contribution in [0.5, 0.6) is 0 Å². The van der Waals surface area contributed by atoms with Crippen LogP contribution in [0.2, 0.25) is 0 Å². The van der Waals surface area contributed by atoms with Gasteiger partial charge in [0.05, 0.1) is 17.6 Å². The molecule has 1 saturated heterocycles. The molecule has 0 unspecified atom stereocenters. The van der Waals surface area contributed by atoms with Crippen LogP contribution in [-0.4, -0.2) is 45.8 Å². The lowest BCUT2D eigenvalue weighted by molar-refractivity contribution is 0.246. The van der Waals surface area contributed by atoms with E-state index >= 15 is 0 Å². The lowest BCUT2D eigenvalue weighted by Crippen LogP contribution is -2.46. The van der Waals surface area contributed by atoms with Crippen LogP contribution in [0.4, 0.5) is 11.5 Å². The molecule has 0 aromatic carbocycles. The summed E-state index contributed by atoms with van der Waals surface area (Å²) < 4.78 is 1.85. The molecular formula is C14H20N6. The summed E-state index contributed by atoms with van der Waals surface area (Å²) in [5, 5.41) is 4.43. The minimum absolute atomic E-state index is 0.711. The van der Waals surface area contributed by atoms with Gasteiger partial charge in [-0.15, -0.1) is 0 Å². The highest BCUT2D eigenvalue weighted by atomic mass is 15.3. The zero-order valence-corrected chi connectivity index (χ0v) is 11.7. The van der Waals surface area contributed by atoms with E-state index < -0.39 is 0 Å². The summed E-state index contributed by atoms with van der Waals surface area (Å²) in [5.41, 5.74) is 7.51. The van der Waals surface area contributed by atoms with Crippen molar-refractivity contribution in [2.75, 3.05) is 36.8 Å². The number of hydrogen-bond donors (Lipinski definition) is 1. The van der Waals surface area contributed by atoms with Gasteiger partial charge in [0.2, 0.25) is 0 Å². The molecule has 0 saturated carbocycles. The van der Waals surface area contributed by atoms with Crippen LogP contribution in [0.15, 0.2) is 30.6 Å². The zero-order chi connectivity index (χ0) is 13.9. The Morgan fingerprint density at radius 3 is 2.55 bits per heavy atom. The van der Waals surface area contributed by atoms with Gasteiger partial charge in [-0.1, -0.05) is 0 Å². The standard InChI is InChI=1S/C14H20N6/c1-18-5-4-13(17-18)11-19-6-8-20(9-7-19)14-3-2-12(15)10-16-14/h2-5,10H,6-9,11,15H2,1H3. The summed E-state index contributed by atoms with van der Waals surface area (Å²) in [6.45, 7) is 4.96. The van der Waals surface area contributed by atoms with Crippen molar-refractivity contribution in [1.82, 2.24) is 19.7 Å². The second-order valence-corrected chi connectivity index (χ2v) is 5.19. The molecule has 0 radical (unpaired) electrons. The molecule has 1 aliphatic heterocycles. The smallest absolute Gasteiger partial charge is 0.128 e. The lowest BCUT2D eigenvalue weighted by Gasteiger charge is -2.35. The summed E-state index contributed by atoms with van der Waals surface area (Å²) in [7, 11) is 1.95. The van der Waals surface area contributed by atoms with Crippen LogP contribution in [0.3, 0.4) is 0 Å². The molecule has 20 heavy (non-hydrogen) atoms. The first-order chi connectivity index (χ1) is 9.70. The summed E-state index contributed by atoms with van der Waals surface area (Å²) in [6, 6.07) is 5.97. The van der Waals surface area contributed by atoms with E-state index in [1.54, 1.807) is 6.20 Å². The highest BCUT2D eigenvalue weighted by Gasteiger charge is 2.18. The molecule has 2 aromatic heterocycles. The van der Waals surface area contributed by atoms with Gasteiger partial charge >= 0.3 is 0 Å². The van der Waals surface area contributed by atoms with Crippen molar-refractivity contribution in [1.29, 1.82) is 0 Å². The van der Waals surface area contributed by atoms with Crippen LogP contribution in [0.25, 0.3) is 0 Å². The summed E-state index contributed by atoms with van der Waals surface area (Å²) in [4.78, 5) is 9.11. The quantitative estimate of drug-likeness (QED) is 0.892. The minimum Gasteiger partial charge on any atom is -0.397 e. The monoisotopic (exact) mass is 272 g/mol. The fourth-order valence-corrected chi connectivity index (χ4v) is 2.50. The third-order valence-corrected chi connectivity index (χ3v) is 3.62. The first-order valence-electron chi connectivity index (χ1n) is 6.88. The number of rotatable bonds is 3. The van der Waals surface area contributed by atoms with E-state index in [2.05, 4.69) is 25.9 Å². The van der Waals surface area contributed by atoms with E-state index in [9.17, 15) is 0 Å². The number of aromatic nitrogens is 3. The number of nitrogen functional groups attached to an aromatic ring is 1. The number of pyridine rings is 1. The number of hydrogen-bond acceptors (Lipinski definition) is 5. The minimum atomic E-state index is 0.711. The van der Waals surface area contributed by atoms with E-state index in [0.29, 0.717) is 5.69 Å². The largest absolute Gasteiger partial charge is 0.397 e. The Labute approximate surface area is 118 Å². The normalized spacial score (nSPS) is 16.6. The van der Waals surface area contributed by atoms with E-state index in [1.807, 2.05) is 30.1 Å². The molecule has 0 spiro atoms. The highest BCUT2D eigenvalue weighted by molar-refractivity contribution is 5.46. The SMILES string of the molecule is Cn1ccc(CN2CCN(c3ccc(N)cn3)CC2)n1. The van der Waals surface area contributed by atoms with Crippen molar-refractivity contribution in [2.45, 2.75) is 6.54 Å². The van der Waals surface area contributed by atoms with E-state index in [0.717, 1.165) is 44.2 Å². The molecule has 1 fully saturated rings. The summed E-state index contributed by atoms with van der Waals surface area (Å²) >= 11 is 0. The van der Waals surface area contributed by atoms with Gasteiger partial charge in [-0.25, -0.2) is 4.98 Å². The maximum atomic E-state index is 5.67. The molecule has 106 valence electrons. The van der Waals surface area contributed by atoms with Crippen LogP contribution in [-0.2, 0) is 13.6 Å². The molecule has 0 atom stereocenters. The summed E-state index contributed by atoms with van der Waals surface area (Å²) in [5.74, 6) is 1.01. The van der Waals surface area contributed by atoms with Gasteiger partial charge in [0, 0.05) is 46.0 Å². The average Bonchev–Trinajstić information content (AvgIpc) is 2.86. The van der Waals surface area contributed by atoms with Crippen molar-refractivity contribution in [3.63, 3.8) is 0 Å². The molecule has 2 aromatic rings. The molecule has 3 rings (SSSR count). The zero-order valence-electron chi connectivity index (χ0n) is 11.7. The van der Waals surface area contributed by atoms with Crippen molar-refractivity contribution >= 4 is 11.5 Å². The van der Waals surface area contributed by atoms with E-state index in [1.165, 1.54) is 0 Å². The third kappa shape index (κ3) is 2.91. The van der Waals surface area contributed by atoms with Gasteiger partial charge < -0.3 is 10.6 Å². The van der Waals surface area contributed by atoms with Crippen LogP contribution < -0.4 is 10.6 Å². The fraction of sp³-hybridized carbons (Fsp3) is 0.429. The Balaban J connectivity index is 1.55. The maximum Gasteiger partial charge on any atom is 0.128 e. The van der Waals surface area contributed by atoms with Gasteiger partial charge in [-0.3, -0.25) is 9.58 Å². The van der Waals surface area contributed by atoms with Gasteiger partial charge in [-0.2, -0.15) is 5.10 Å². The van der Waals surface area contributed by atoms with Crippen LogP contribution in [0, 0.1) is 0 Å². The van der Waals surface area contributed by atoms with Gasteiger partial charge in [0.15, 0.2) is 0 Å². The maximum absolute atomic E-state index is 5.67. The predicted molar refractivity (Wildman–Crippen MR) is 79.3 cm³/mol. The van der Waals surface area contributed by atoms with Crippen LogP contribution >= 0.6 is 0 Å². The number of nitrogens with two attached hydrogens (primary N) is 1. The first-order valence-corrected chi connectivity index (χ1v) is 6.88. The number of aryl methyl sites for hydroxylation is 1. The van der Waals surface area contributed by atoms with Gasteiger partial charge in [0.25, 0.3) is 0 Å². The molecule has 6 heteroatoms. The Hall–Kier alpha value is -2.08. The lowest BCUT2D eigenvalue weighted by atomic mass is 10.3. The molecule has 0 bridgehead atoms. The van der Waals surface area contributed by atoms with Crippen molar-refractivity contribution in [2.24, 2.45) is 7.05 Å². The molecule has 1 aliphatic rings. The van der Waals surface area contributed by atoms with Crippen LogP contribution in [0.1, 0.15) is 5.69 Å². The van der Waals surface area contributed by atoms with Crippen molar-refractivity contribution < 1.29 is 0 Å². The summed E-state index contributed by atoms with van der Waals surface area (Å²) in [6.07, 6.45) is 3.71. The number of piperazine rings is 1. The van der Waals surface area contributed by atoms with Crippen molar-refractivity contribution in [3.05, 3.63) is 36.3 Å². The molecule has 2 N–H and O–H groups in total. The second-order valence-electron chi connectivity index (χ2n) is 5.19. The first kappa shape index (κ1) is 12.9. The Kier molecular flexibility index (Phi) is 3.56. The fourth-order valence-electron chi connectivity index (χ4n) is 2.50. The molecule has 6 nitrogen and oxygen atoms in total. The predicted octanol–water partition coefficient (Wildman–Crippen LogP) is 0.720. The number of nitrogens with zero attached hydrogens (tertiary/aromatic N) is 5. The van der Waals surface area contributed by atoms with E-state index in [4.69, 9.17) is 5.73 Å². The molecule has 0 aliphatic carbocycles. The topological polar surface area (TPSA) is 63.2 Å². The van der Waals surface area contributed by atoms with E-state index in [-0.39, 0.29) is 0 Å². The van der Waals surface area contributed by atoms with Gasteiger partial charge in [-0.05, 0) is 18.2 Å². The molecule has 3 heterocycles. The Bertz CT molecular complexity index is 553. The van der Waals surface area contributed by atoms with Gasteiger partial charge in [0.1, 0.15) is 5.82 Å². The highest BCUT2D eigenvalue weighted by Crippen LogP contribution is 2.15. The molecular weight excluding hydrogens is 252 g/mol. The Morgan fingerprint density at radius 1 is 1.15 bits per heavy atom. The van der Waals surface area contributed by atoms with Crippen molar-refractivity contribution in [3.8, 4) is 0 Å². The average molecular weight is 272 g/mol. The second kappa shape index (κ2) is 5.50. The Morgan fingerprint density at radius 2 is 1.95 bits per heavy atom.